The number of pyridine rings is 1. The van der Waals surface area contributed by atoms with Crippen LogP contribution < -0.4 is 16.2 Å². The van der Waals surface area contributed by atoms with Gasteiger partial charge in [-0.1, -0.05) is 0 Å². The van der Waals surface area contributed by atoms with Gasteiger partial charge in [0.05, 0.1) is 18.3 Å². The highest BCUT2D eigenvalue weighted by Crippen LogP contribution is 2.29. The third-order valence-electron chi connectivity index (χ3n) is 2.04. The molecule has 9 heteroatoms. The molecule has 1 rings (SSSR count). The van der Waals surface area contributed by atoms with Gasteiger partial charge in [0, 0.05) is 12.1 Å². The molecule has 0 unspecified atom stereocenters. The number of aliphatic carboxylic acids is 1. The van der Waals surface area contributed by atoms with E-state index in [2.05, 4.69) is 9.72 Å². The monoisotopic (exact) mass is 265 g/mol. The number of halogens is 3. The number of hydrogen-bond donors (Lipinski definition) is 3. The minimum atomic E-state index is -4.94. The van der Waals surface area contributed by atoms with Crippen LogP contribution in [0.5, 0.6) is 5.88 Å². The number of alkyl halides is 3. The summed E-state index contributed by atoms with van der Waals surface area (Å²) in [6, 6.07) is 0. The van der Waals surface area contributed by atoms with E-state index >= 15 is 0 Å². The van der Waals surface area contributed by atoms with Gasteiger partial charge in [0.25, 0.3) is 0 Å². The van der Waals surface area contributed by atoms with Gasteiger partial charge < -0.3 is 21.3 Å². The Balaban J connectivity index is 3.24. The molecule has 100 valence electrons. The lowest BCUT2D eigenvalue weighted by atomic mass is 10.0. The van der Waals surface area contributed by atoms with Crippen molar-refractivity contribution in [1.29, 1.82) is 0 Å². The second-order valence-corrected chi connectivity index (χ2v) is 3.30. The first kappa shape index (κ1) is 14.0. The Kier molecular flexibility index (Phi) is 3.96. The van der Waals surface area contributed by atoms with E-state index < -0.39 is 24.6 Å². The number of carboxylic acid groups (broad SMARTS) is 1. The Morgan fingerprint density at radius 1 is 1.44 bits per heavy atom. The van der Waals surface area contributed by atoms with Crippen LogP contribution in [0.3, 0.4) is 0 Å². The van der Waals surface area contributed by atoms with Gasteiger partial charge in [0.15, 0.2) is 0 Å². The van der Waals surface area contributed by atoms with Gasteiger partial charge in [0.2, 0.25) is 5.88 Å². The molecule has 0 fully saturated rings. The molecule has 6 nitrogen and oxygen atoms in total. The standard InChI is InChI=1S/C9H10F3N3O3/c10-9(11,12)18-8-5(2-13)4(1-7(16)17)6(14)3-15-8/h3H,1-2,13-14H2,(H,16,17). The third kappa shape index (κ3) is 3.48. The summed E-state index contributed by atoms with van der Waals surface area (Å²) in [6.07, 6.45) is -4.60. The van der Waals surface area contributed by atoms with E-state index in [1.165, 1.54) is 0 Å². The van der Waals surface area contributed by atoms with Crippen LogP contribution >= 0.6 is 0 Å². The molecule has 0 amide bonds. The Bertz CT molecular complexity index is 462. The number of ether oxygens (including phenoxy) is 1. The number of rotatable bonds is 4. The van der Waals surface area contributed by atoms with Crippen molar-refractivity contribution in [3.05, 3.63) is 17.3 Å². The Labute approximate surface area is 99.4 Å². The predicted molar refractivity (Wildman–Crippen MR) is 54.6 cm³/mol. The number of aromatic nitrogens is 1. The van der Waals surface area contributed by atoms with Gasteiger partial charge in [-0.05, 0) is 5.56 Å². The number of nitrogen functional groups attached to an aromatic ring is 1. The smallest absolute Gasteiger partial charge is 0.481 e. The first-order valence-electron chi connectivity index (χ1n) is 4.68. The van der Waals surface area contributed by atoms with Crippen molar-refractivity contribution < 1.29 is 27.8 Å². The van der Waals surface area contributed by atoms with Crippen molar-refractivity contribution in [2.45, 2.75) is 19.3 Å². The highest BCUT2D eigenvalue weighted by atomic mass is 19.4. The number of anilines is 1. The molecule has 0 atom stereocenters. The molecule has 0 spiro atoms. The second-order valence-electron chi connectivity index (χ2n) is 3.30. The lowest BCUT2D eigenvalue weighted by Gasteiger charge is -2.15. The molecular weight excluding hydrogens is 255 g/mol. The molecule has 5 N–H and O–H groups in total. The summed E-state index contributed by atoms with van der Waals surface area (Å²) in [7, 11) is 0. The van der Waals surface area contributed by atoms with Crippen LogP contribution in [0, 0.1) is 0 Å². The molecule has 0 saturated carbocycles. The van der Waals surface area contributed by atoms with Crippen LogP contribution in [-0.2, 0) is 17.8 Å². The van der Waals surface area contributed by atoms with Gasteiger partial charge in [-0.2, -0.15) is 0 Å². The summed E-state index contributed by atoms with van der Waals surface area (Å²) >= 11 is 0. The minimum Gasteiger partial charge on any atom is -0.481 e. The van der Waals surface area contributed by atoms with Crippen molar-refractivity contribution >= 4 is 11.7 Å². The number of carbonyl (C=O) groups is 1. The van der Waals surface area contributed by atoms with Crippen LogP contribution in [0.2, 0.25) is 0 Å². The Morgan fingerprint density at radius 2 is 2.06 bits per heavy atom. The Morgan fingerprint density at radius 3 is 2.50 bits per heavy atom. The summed E-state index contributed by atoms with van der Waals surface area (Å²) in [5.74, 6) is -2.03. The van der Waals surface area contributed by atoms with Gasteiger partial charge in [-0.25, -0.2) is 4.98 Å². The third-order valence-corrected chi connectivity index (χ3v) is 2.04. The lowest BCUT2D eigenvalue weighted by Crippen LogP contribution is -2.21. The van der Waals surface area contributed by atoms with Crippen LogP contribution in [-0.4, -0.2) is 22.4 Å². The first-order valence-corrected chi connectivity index (χ1v) is 4.68. The molecule has 18 heavy (non-hydrogen) atoms. The Hall–Kier alpha value is -2.03. The molecule has 0 aliphatic heterocycles. The van der Waals surface area contributed by atoms with Gasteiger partial charge in [-0.3, -0.25) is 4.79 Å². The summed E-state index contributed by atoms with van der Waals surface area (Å²) in [5.41, 5.74) is 10.5. The summed E-state index contributed by atoms with van der Waals surface area (Å²) < 4.78 is 40.0. The van der Waals surface area contributed by atoms with Gasteiger partial charge >= 0.3 is 12.3 Å². The van der Waals surface area contributed by atoms with E-state index in [4.69, 9.17) is 16.6 Å². The molecule has 0 radical (unpaired) electrons. The highest BCUT2D eigenvalue weighted by Gasteiger charge is 2.33. The number of nitrogens with two attached hydrogens (primary N) is 2. The van der Waals surface area contributed by atoms with Crippen LogP contribution in [0.4, 0.5) is 18.9 Å². The average Bonchev–Trinajstić information content (AvgIpc) is 2.20. The van der Waals surface area contributed by atoms with E-state index in [9.17, 15) is 18.0 Å². The van der Waals surface area contributed by atoms with Crippen molar-refractivity contribution in [1.82, 2.24) is 4.98 Å². The SMILES string of the molecule is NCc1c(OC(F)(F)F)ncc(N)c1CC(=O)O. The lowest BCUT2D eigenvalue weighted by molar-refractivity contribution is -0.276. The van der Waals surface area contributed by atoms with Crippen molar-refractivity contribution in [3.8, 4) is 5.88 Å². The van der Waals surface area contributed by atoms with Crippen LogP contribution in [0.15, 0.2) is 6.20 Å². The van der Waals surface area contributed by atoms with E-state index in [0.29, 0.717) is 0 Å². The zero-order chi connectivity index (χ0) is 13.9. The zero-order valence-electron chi connectivity index (χ0n) is 8.99. The number of hydrogen-bond acceptors (Lipinski definition) is 5. The topological polar surface area (TPSA) is 111 Å². The van der Waals surface area contributed by atoms with E-state index in [-0.39, 0.29) is 23.4 Å². The van der Waals surface area contributed by atoms with E-state index in [0.717, 1.165) is 6.20 Å². The minimum absolute atomic E-state index is 0.0285. The maximum Gasteiger partial charge on any atom is 0.574 e. The fourth-order valence-corrected chi connectivity index (χ4v) is 1.36. The molecule has 0 saturated heterocycles. The fourth-order valence-electron chi connectivity index (χ4n) is 1.36. The normalized spacial score (nSPS) is 11.3. The molecule has 0 aliphatic carbocycles. The quantitative estimate of drug-likeness (QED) is 0.736. The molecule has 0 aliphatic rings. The second kappa shape index (κ2) is 5.08. The molecular formula is C9H10F3N3O3. The van der Waals surface area contributed by atoms with Crippen molar-refractivity contribution in [2.75, 3.05) is 5.73 Å². The number of carboxylic acids is 1. The largest absolute Gasteiger partial charge is 0.574 e. The van der Waals surface area contributed by atoms with E-state index in [1.807, 2.05) is 0 Å². The van der Waals surface area contributed by atoms with Crippen molar-refractivity contribution in [3.63, 3.8) is 0 Å². The zero-order valence-corrected chi connectivity index (χ0v) is 8.99. The number of nitrogens with zero attached hydrogens (tertiary/aromatic N) is 1. The van der Waals surface area contributed by atoms with E-state index in [1.54, 1.807) is 0 Å². The fraction of sp³-hybridized carbons (Fsp3) is 0.333. The van der Waals surface area contributed by atoms with Crippen molar-refractivity contribution in [2.24, 2.45) is 5.73 Å². The molecule has 1 aromatic heterocycles. The predicted octanol–water partition coefficient (Wildman–Crippen LogP) is 0.648. The van der Waals surface area contributed by atoms with Crippen LogP contribution in [0.25, 0.3) is 0 Å². The molecule has 0 bridgehead atoms. The van der Waals surface area contributed by atoms with Gasteiger partial charge in [-0.15, -0.1) is 13.2 Å². The first-order chi connectivity index (χ1) is 8.24. The maximum absolute atomic E-state index is 12.1. The summed E-state index contributed by atoms with van der Waals surface area (Å²) in [4.78, 5) is 14.0. The molecule has 1 aromatic rings. The van der Waals surface area contributed by atoms with Crippen LogP contribution in [0.1, 0.15) is 11.1 Å². The van der Waals surface area contributed by atoms with Gasteiger partial charge in [0.1, 0.15) is 0 Å². The molecule has 1 heterocycles. The average molecular weight is 265 g/mol. The maximum atomic E-state index is 12.1. The molecule has 0 aromatic carbocycles. The summed E-state index contributed by atoms with van der Waals surface area (Å²) in [5, 5.41) is 8.65. The summed E-state index contributed by atoms with van der Waals surface area (Å²) in [6.45, 7) is -0.369. The highest BCUT2D eigenvalue weighted by molar-refractivity contribution is 5.74.